The molecule has 2 N–H and O–H groups in total. The van der Waals surface area contributed by atoms with Gasteiger partial charge in [-0.1, -0.05) is 12.1 Å². The van der Waals surface area contributed by atoms with Crippen molar-refractivity contribution in [1.82, 2.24) is 5.32 Å². The number of hydrogen-bond donors (Lipinski definition) is 2. The molecule has 0 unspecified atom stereocenters. The van der Waals surface area contributed by atoms with Crippen LogP contribution in [0.1, 0.15) is 23.2 Å². The molecule has 1 heterocycles. The molecule has 2 aromatic carbocycles. The van der Waals surface area contributed by atoms with Crippen molar-refractivity contribution in [2.75, 3.05) is 18.5 Å². The van der Waals surface area contributed by atoms with E-state index in [1.54, 1.807) is 42.5 Å². The molecule has 9 nitrogen and oxygen atoms in total. The van der Waals surface area contributed by atoms with E-state index in [1.807, 2.05) is 0 Å². The third-order valence-electron chi connectivity index (χ3n) is 4.67. The van der Waals surface area contributed by atoms with Crippen molar-refractivity contribution >= 4 is 34.4 Å². The molecule has 1 aromatic heterocycles. The second kappa shape index (κ2) is 9.34. The van der Waals surface area contributed by atoms with E-state index in [1.165, 1.54) is 12.1 Å². The number of anilines is 1. The first kappa shape index (κ1) is 21.1. The lowest BCUT2D eigenvalue weighted by Gasteiger charge is -2.11. The number of amides is 2. The van der Waals surface area contributed by atoms with Gasteiger partial charge in [-0.3, -0.25) is 9.59 Å². The molecular weight excluding hydrogens is 416 g/mol. The summed E-state index contributed by atoms with van der Waals surface area (Å²) in [5.41, 5.74) is 0.504. The Morgan fingerprint density at radius 2 is 1.78 bits per heavy atom. The van der Waals surface area contributed by atoms with Crippen molar-refractivity contribution in [3.63, 3.8) is 0 Å². The Morgan fingerprint density at radius 1 is 1.00 bits per heavy atom. The Kier molecular flexibility index (Phi) is 6.16. The van der Waals surface area contributed by atoms with E-state index in [4.69, 9.17) is 13.9 Å². The van der Waals surface area contributed by atoms with Crippen LogP contribution in [0.2, 0.25) is 0 Å². The molecular formula is C23H20N2O7. The molecule has 0 bridgehead atoms. The Balaban J connectivity index is 1.27. The zero-order chi connectivity index (χ0) is 22.5. The predicted octanol–water partition coefficient (Wildman–Crippen LogP) is 2.25. The van der Waals surface area contributed by atoms with Gasteiger partial charge in [0.15, 0.2) is 13.2 Å². The van der Waals surface area contributed by atoms with Crippen molar-refractivity contribution in [2.45, 2.75) is 18.9 Å². The highest BCUT2D eigenvalue weighted by atomic mass is 16.6. The summed E-state index contributed by atoms with van der Waals surface area (Å²) in [6.45, 7) is -0.969. The highest BCUT2D eigenvalue weighted by Crippen LogP contribution is 2.22. The lowest BCUT2D eigenvalue weighted by molar-refractivity contribution is -0.149. The fourth-order valence-electron chi connectivity index (χ4n) is 2.93. The van der Waals surface area contributed by atoms with Crippen LogP contribution < -0.4 is 21.0 Å². The number of carbonyl (C=O) groups is 3. The summed E-state index contributed by atoms with van der Waals surface area (Å²) in [6.07, 6.45) is 1.90. The summed E-state index contributed by atoms with van der Waals surface area (Å²) in [5.74, 6) is -1.30. The molecule has 0 radical (unpaired) electrons. The highest BCUT2D eigenvalue weighted by molar-refractivity contribution is 6.04. The topological polar surface area (TPSA) is 124 Å². The van der Waals surface area contributed by atoms with Gasteiger partial charge in [0.1, 0.15) is 11.3 Å². The highest BCUT2D eigenvalue weighted by Gasteiger charge is 2.25. The van der Waals surface area contributed by atoms with Crippen molar-refractivity contribution in [3.8, 4) is 5.75 Å². The second-order valence-corrected chi connectivity index (χ2v) is 7.24. The average molecular weight is 436 g/mol. The molecule has 0 saturated heterocycles. The maximum absolute atomic E-state index is 12.3. The van der Waals surface area contributed by atoms with Crippen molar-refractivity contribution in [3.05, 3.63) is 70.6 Å². The first-order valence-electron chi connectivity index (χ1n) is 10.00. The van der Waals surface area contributed by atoms with Gasteiger partial charge in [-0.25, -0.2) is 9.59 Å². The fraction of sp³-hybridized carbons (Fsp3) is 0.217. The van der Waals surface area contributed by atoms with E-state index in [-0.39, 0.29) is 11.9 Å². The van der Waals surface area contributed by atoms with Crippen LogP contribution in [-0.4, -0.2) is 37.0 Å². The first-order chi connectivity index (χ1) is 15.5. The smallest absolute Gasteiger partial charge is 0.344 e. The molecule has 164 valence electrons. The van der Waals surface area contributed by atoms with E-state index in [9.17, 15) is 19.2 Å². The molecule has 3 aromatic rings. The van der Waals surface area contributed by atoms with Gasteiger partial charge >= 0.3 is 11.6 Å². The molecule has 0 aliphatic heterocycles. The van der Waals surface area contributed by atoms with Crippen LogP contribution in [0.3, 0.4) is 0 Å². The average Bonchev–Trinajstić information content (AvgIpc) is 3.60. The van der Waals surface area contributed by atoms with Crippen LogP contribution >= 0.6 is 0 Å². The van der Waals surface area contributed by atoms with Crippen LogP contribution in [0.4, 0.5) is 5.69 Å². The minimum absolute atomic E-state index is 0.186. The molecule has 0 atom stereocenters. The molecule has 32 heavy (non-hydrogen) atoms. The zero-order valence-corrected chi connectivity index (χ0v) is 17.0. The van der Waals surface area contributed by atoms with Crippen LogP contribution in [-0.2, 0) is 14.3 Å². The van der Waals surface area contributed by atoms with Crippen molar-refractivity contribution in [1.29, 1.82) is 0 Å². The summed E-state index contributed by atoms with van der Waals surface area (Å²) < 4.78 is 15.3. The minimum atomic E-state index is -0.755. The van der Waals surface area contributed by atoms with Gasteiger partial charge in [0.25, 0.3) is 11.8 Å². The largest absolute Gasteiger partial charge is 0.482 e. The number of rotatable bonds is 8. The Morgan fingerprint density at radius 3 is 2.59 bits per heavy atom. The molecule has 1 aliphatic carbocycles. The lowest BCUT2D eigenvalue weighted by Crippen LogP contribution is -2.28. The second-order valence-electron chi connectivity index (χ2n) is 7.24. The molecule has 9 heteroatoms. The van der Waals surface area contributed by atoms with Gasteiger partial charge in [-0.15, -0.1) is 0 Å². The van der Waals surface area contributed by atoms with Crippen LogP contribution in [0.15, 0.2) is 63.8 Å². The monoisotopic (exact) mass is 436 g/mol. The normalized spacial score (nSPS) is 12.8. The zero-order valence-electron chi connectivity index (χ0n) is 17.0. The number of ether oxygens (including phenoxy) is 2. The fourth-order valence-corrected chi connectivity index (χ4v) is 2.93. The van der Waals surface area contributed by atoms with E-state index in [0.717, 1.165) is 12.8 Å². The SMILES string of the molecule is O=C(COC(=O)COc1ccc2ccc(=O)oc2c1)Nc1ccccc1C(=O)NC1CC1. The predicted molar refractivity (Wildman–Crippen MR) is 114 cm³/mol. The van der Waals surface area contributed by atoms with Crippen molar-refractivity contribution in [2.24, 2.45) is 0 Å². The van der Waals surface area contributed by atoms with E-state index < -0.39 is 30.7 Å². The standard InChI is InChI=1S/C23H20N2O7/c26-20(25-18-4-2-1-3-17(18)23(29)24-15-7-8-15)12-31-22(28)13-30-16-9-5-14-6-10-21(27)32-19(14)11-16/h1-6,9-11,15H,7-8,12-13H2,(H,24,29)(H,25,26). The Labute approximate surface area is 182 Å². The number of para-hydroxylation sites is 1. The maximum atomic E-state index is 12.3. The lowest BCUT2D eigenvalue weighted by atomic mass is 10.1. The molecule has 1 saturated carbocycles. The number of benzene rings is 2. The van der Waals surface area contributed by atoms with Crippen LogP contribution in [0, 0.1) is 0 Å². The molecule has 1 aliphatic rings. The van der Waals surface area contributed by atoms with Gasteiger partial charge in [-0.2, -0.15) is 0 Å². The van der Waals surface area contributed by atoms with Crippen LogP contribution in [0.25, 0.3) is 11.0 Å². The summed E-state index contributed by atoms with van der Waals surface area (Å²) in [5, 5.41) is 6.15. The molecule has 0 spiro atoms. The van der Waals surface area contributed by atoms with Crippen LogP contribution in [0.5, 0.6) is 5.75 Å². The van der Waals surface area contributed by atoms with E-state index in [2.05, 4.69) is 10.6 Å². The summed E-state index contributed by atoms with van der Waals surface area (Å²) >= 11 is 0. The quantitative estimate of drug-likeness (QED) is 0.410. The van der Waals surface area contributed by atoms with Gasteiger partial charge in [0.05, 0.1) is 11.3 Å². The molecule has 4 rings (SSSR count). The number of hydrogen-bond acceptors (Lipinski definition) is 7. The summed E-state index contributed by atoms with van der Waals surface area (Å²) in [6, 6.07) is 14.5. The van der Waals surface area contributed by atoms with Gasteiger partial charge in [0.2, 0.25) is 0 Å². The number of esters is 1. The van der Waals surface area contributed by atoms with Gasteiger partial charge in [-0.05, 0) is 43.2 Å². The first-order valence-corrected chi connectivity index (χ1v) is 10.00. The Hall–Kier alpha value is -4.14. The third-order valence-corrected chi connectivity index (χ3v) is 4.67. The minimum Gasteiger partial charge on any atom is -0.482 e. The number of carbonyl (C=O) groups excluding carboxylic acids is 3. The molecule has 2 amide bonds. The maximum Gasteiger partial charge on any atom is 0.344 e. The number of fused-ring (bicyclic) bond motifs is 1. The number of nitrogens with one attached hydrogen (secondary N) is 2. The van der Waals surface area contributed by atoms with Gasteiger partial charge in [0, 0.05) is 23.6 Å². The van der Waals surface area contributed by atoms with Gasteiger partial charge < -0.3 is 24.5 Å². The van der Waals surface area contributed by atoms with E-state index >= 15 is 0 Å². The Bertz CT molecular complexity index is 1230. The summed E-state index contributed by atoms with van der Waals surface area (Å²) in [7, 11) is 0. The third kappa shape index (κ3) is 5.51. The summed E-state index contributed by atoms with van der Waals surface area (Å²) in [4.78, 5) is 47.7. The van der Waals surface area contributed by atoms with E-state index in [0.29, 0.717) is 28.0 Å². The van der Waals surface area contributed by atoms with Crippen molar-refractivity contribution < 1.29 is 28.3 Å². The molecule has 1 fully saturated rings.